The molecule has 30 heavy (non-hydrogen) atoms. The Hall–Kier alpha value is -3.56. The first-order chi connectivity index (χ1) is 14.7. The molecule has 4 rings (SSSR count). The first-order valence-corrected chi connectivity index (χ1v) is 9.91. The van der Waals surface area contributed by atoms with Crippen LogP contribution < -0.4 is 4.74 Å². The van der Waals surface area contributed by atoms with Crippen molar-refractivity contribution in [2.24, 2.45) is 0 Å². The molecule has 0 aliphatic carbocycles. The fourth-order valence-electron chi connectivity index (χ4n) is 3.67. The number of ether oxygens (including phenoxy) is 1. The first-order valence-electron chi connectivity index (χ1n) is 9.91. The van der Waals surface area contributed by atoms with Crippen LogP contribution in [-0.2, 0) is 6.61 Å². The van der Waals surface area contributed by atoms with Crippen molar-refractivity contribution in [1.82, 2.24) is 9.80 Å². The summed E-state index contributed by atoms with van der Waals surface area (Å²) >= 11 is 0. The molecule has 0 spiro atoms. The van der Waals surface area contributed by atoms with E-state index >= 15 is 0 Å². The molecule has 0 radical (unpaired) electrons. The average Bonchev–Trinajstić information content (AvgIpc) is 3.27. The van der Waals surface area contributed by atoms with Gasteiger partial charge in [0.25, 0.3) is 5.91 Å². The van der Waals surface area contributed by atoms with Crippen molar-refractivity contribution in [2.45, 2.75) is 12.6 Å². The number of hydrogen-bond donors (Lipinski definition) is 0. The van der Waals surface area contributed by atoms with Gasteiger partial charge in [0.1, 0.15) is 24.2 Å². The van der Waals surface area contributed by atoms with Crippen LogP contribution in [0.15, 0.2) is 71.1 Å². The van der Waals surface area contributed by atoms with Crippen molar-refractivity contribution in [3.8, 4) is 11.8 Å². The monoisotopic (exact) mass is 401 g/mol. The second-order valence-corrected chi connectivity index (χ2v) is 7.35. The third kappa shape index (κ3) is 4.22. The maximum Gasteiger partial charge on any atom is 0.290 e. The van der Waals surface area contributed by atoms with E-state index in [1.54, 1.807) is 30.3 Å². The maximum atomic E-state index is 13.2. The first kappa shape index (κ1) is 19.7. The third-order valence-corrected chi connectivity index (χ3v) is 5.28. The molecule has 6 nitrogen and oxygen atoms in total. The van der Waals surface area contributed by atoms with E-state index in [2.05, 4.69) is 30.1 Å². The van der Waals surface area contributed by atoms with Crippen LogP contribution in [0.3, 0.4) is 0 Å². The molecule has 1 atom stereocenters. The Bertz CT molecular complexity index is 1050. The molecule has 1 fully saturated rings. The Balaban J connectivity index is 1.48. The topological polar surface area (TPSA) is 69.7 Å². The van der Waals surface area contributed by atoms with Crippen molar-refractivity contribution in [1.29, 1.82) is 5.26 Å². The number of furan rings is 1. The highest BCUT2D eigenvalue weighted by Crippen LogP contribution is 2.27. The summed E-state index contributed by atoms with van der Waals surface area (Å²) in [6, 6.07) is 22.6. The number of para-hydroxylation sites is 1. The number of rotatable bonds is 5. The van der Waals surface area contributed by atoms with E-state index in [-0.39, 0.29) is 18.6 Å². The average molecular weight is 401 g/mol. The number of carbonyl (C=O) groups excluding carboxylic acids is 1. The Morgan fingerprint density at radius 2 is 1.87 bits per heavy atom. The van der Waals surface area contributed by atoms with Gasteiger partial charge in [-0.3, -0.25) is 4.79 Å². The number of benzene rings is 2. The van der Waals surface area contributed by atoms with Gasteiger partial charge in [-0.2, -0.15) is 5.26 Å². The van der Waals surface area contributed by atoms with Gasteiger partial charge in [0, 0.05) is 19.6 Å². The minimum Gasteiger partial charge on any atom is -0.484 e. The molecule has 1 aliphatic rings. The molecule has 1 unspecified atom stereocenters. The van der Waals surface area contributed by atoms with Gasteiger partial charge in [-0.05, 0) is 36.9 Å². The van der Waals surface area contributed by atoms with Crippen LogP contribution in [0.2, 0.25) is 0 Å². The standard InChI is InChI=1S/C24H23N3O3/c1-26-13-14-27(21(16-26)18-7-3-2-4-8-18)24(28)23-12-11-20(30-23)17-29-22-10-6-5-9-19(22)15-25/h2-12,21H,13-14,16-17H2,1H3. The largest absolute Gasteiger partial charge is 0.484 e. The highest BCUT2D eigenvalue weighted by Gasteiger charge is 2.32. The summed E-state index contributed by atoms with van der Waals surface area (Å²) in [6.07, 6.45) is 0. The Morgan fingerprint density at radius 1 is 1.10 bits per heavy atom. The molecule has 2 heterocycles. The second-order valence-electron chi connectivity index (χ2n) is 7.35. The molecule has 1 aliphatic heterocycles. The Morgan fingerprint density at radius 3 is 2.67 bits per heavy atom. The van der Waals surface area contributed by atoms with Crippen LogP contribution >= 0.6 is 0 Å². The Kier molecular flexibility index (Phi) is 5.82. The van der Waals surface area contributed by atoms with Crippen LogP contribution in [0.4, 0.5) is 0 Å². The van der Waals surface area contributed by atoms with Crippen molar-refractivity contribution in [3.63, 3.8) is 0 Å². The second kappa shape index (κ2) is 8.85. The summed E-state index contributed by atoms with van der Waals surface area (Å²) in [7, 11) is 2.07. The summed E-state index contributed by atoms with van der Waals surface area (Å²) < 4.78 is 11.5. The lowest BCUT2D eigenvalue weighted by molar-refractivity contribution is 0.0464. The molecule has 3 aromatic rings. The molecular weight excluding hydrogens is 378 g/mol. The van der Waals surface area contributed by atoms with Crippen LogP contribution in [-0.4, -0.2) is 42.4 Å². The van der Waals surface area contributed by atoms with Crippen LogP contribution in [0.25, 0.3) is 0 Å². The minimum atomic E-state index is -0.124. The summed E-state index contributed by atoms with van der Waals surface area (Å²) in [5.74, 6) is 1.21. The minimum absolute atomic E-state index is 0.0234. The number of carbonyl (C=O) groups is 1. The summed E-state index contributed by atoms with van der Waals surface area (Å²) in [5.41, 5.74) is 1.57. The lowest BCUT2D eigenvalue weighted by atomic mass is 10.0. The molecule has 152 valence electrons. The fraction of sp³-hybridized carbons (Fsp3) is 0.250. The molecule has 1 amide bonds. The van der Waals surface area contributed by atoms with Gasteiger partial charge in [-0.25, -0.2) is 0 Å². The smallest absolute Gasteiger partial charge is 0.290 e. The van der Waals surface area contributed by atoms with E-state index in [0.717, 1.165) is 18.7 Å². The molecule has 0 N–H and O–H groups in total. The van der Waals surface area contributed by atoms with Crippen LogP contribution in [0.5, 0.6) is 5.75 Å². The van der Waals surface area contributed by atoms with Gasteiger partial charge in [0.15, 0.2) is 5.76 Å². The van der Waals surface area contributed by atoms with E-state index in [0.29, 0.717) is 29.4 Å². The SMILES string of the molecule is CN1CCN(C(=O)c2ccc(COc3ccccc3C#N)o2)C(c2ccccc2)C1. The molecule has 1 saturated heterocycles. The quantitative estimate of drug-likeness (QED) is 0.649. The Labute approximate surface area is 175 Å². The lowest BCUT2D eigenvalue weighted by Gasteiger charge is -2.40. The summed E-state index contributed by atoms with van der Waals surface area (Å²) in [6.45, 7) is 2.38. The predicted molar refractivity (Wildman–Crippen MR) is 112 cm³/mol. The zero-order valence-electron chi connectivity index (χ0n) is 16.8. The zero-order chi connectivity index (χ0) is 20.9. The van der Waals surface area contributed by atoms with Gasteiger partial charge in [-0.1, -0.05) is 42.5 Å². The fourth-order valence-corrected chi connectivity index (χ4v) is 3.67. The van der Waals surface area contributed by atoms with Gasteiger partial charge in [0.05, 0.1) is 11.6 Å². The van der Waals surface area contributed by atoms with Crippen LogP contribution in [0, 0.1) is 11.3 Å². The van der Waals surface area contributed by atoms with E-state index in [1.807, 2.05) is 29.2 Å². The lowest BCUT2D eigenvalue weighted by Crippen LogP contribution is -2.49. The van der Waals surface area contributed by atoms with Crippen molar-refractivity contribution in [3.05, 3.63) is 89.4 Å². The summed E-state index contributed by atoms with van der Waals surface area (Å²) in [5, 5.41) is 9.17. The maximum absolute atomic E-state index is 13.2. The highest BCUT2D eigenvalue weighted by atomic mass is 16.5. The molecule has 0 saturated carbocycles. The van der Waals surface area contributed by atoms with Crippen molar-refractivity contribution < 1.29 is 13.9 Å². The number of nitriles is 1. The number of amides is 1. The van der Waals surface area contributed by atoms with E-state index in [1.165, 1.54) is 0 Å². The molecule has 0 bridgehead atoms. The van der Waals surface area contributed by atoms with Gasteiger partial charge >= 0.3 is 0 Å². The van der Waals surface area contributed by atoms with Crippen molar-refractivity contribution in [2.75, 3.05) is 26.7 Å². The van der Waals surface area contributed by atoms with E-state index in [9.17, 15) is 4.79 Å². The van der Waals surface area contributed by atoms with E-state index < -0.39 is 0 Å². The molecule has 1 aromatic heterocycles. The van der Waals surface area contributed by atoms with Gasteiger partial charge < -0.3 is 19.0 Å². The zero-order valence-corrected chi connectivity index (χ0v) is 16.8. The summed E-state index contributed by atoms with van der Waals surface area (Å²) in [4.78, 5) is 17.3. The number of nitrogens with zero attached hydrogens (tertiary/aromatic N) is 3. The van der Waals surface area contributed by atoms with Crippen molar-refractivity contribution >= 4 is 5.91 Å². The molecule has 2 aromatic carbocycles. The number of hydrogen-bond acceptors (Lipinski definition) is 5. The third-order valence-electron chi connectivity index (χ3n) is 5.28. The number of piperazine rings is 1. The molecule has 6 heteroatoms. The predicted octanol–water partition coefficient (Wildman–Crippen LogP) is 3.86. The normalized spacial score (nSPS) is 16.8. The van der Waals surface area contributed by atoms with Crippen LogP contribution in [0.1, 0.15) is 33.5 Å². The van der Waals surface area contributed by atoms with Gasteiger partial charge in [-0.15, -0.1) is 0 Å². The highest BCUT2D eigenvalue weighted by molar-refractivity contribution is 5.92. The molecular formula is C24H23N3O3. The van der Waals surface area contributed by atoms with E-state index in [4.69, 9.17) is 14.4 Å². The van der Waals surface area contributed by atoms with Gasteiger partial charge in [0.2, 0.25) is 0 Å². The number of likely N-dealkylation sites (N-methyl/N-ethyl adjacent to an activating group) is 1.